The van der Waals surface area contributed by atoms with Crippen molar-refractivity contribution in [3.63, 3.8) is 0 Å². The van der Waals surface area contributed by atoms with Crippen LogP contribution in [-0.4, -0.2) is 18.0 Å². The van der Waals surface area contributed by atoms with E-state index < -0.39 is 11.7 Å². The molecule has 0 unspecified atom stereocenters. The van der Waals surface area contributed by atoms with E-state index in [1.807, 2.05) is 12.3 Å². The molecule has 16 heavy (non-hydrogen) atoms. The number of carbonyl (C=O) groups excluding carboxylic acids is 2. The number of carbonyl (C=O) groups is 2. The Balaban J connectivity index is 2.77. The second kappa shape index (κ2) is 4.65. The first-order valence-corrected chi connectivity index (χ1v) is 5.74. The molecule has 1 rings (SSSR count). The van der Waals surface area contributed by atoms with Gasteiger partial charge in [-0.1, -0.05) is 0 Å². The van der Waals surface area contributed by atoms with E-state index in [1.165, 1.54) is 11.3 Å². The van der Waals surface area contributed by atoms with E-state index in [4.69, 9.17) is 4.74 Å². The Hall–Kier alpha value is -1.36. The zero-order valence-corrected chi connectivity index (χ0v) is 10.6. The molecule has 0 aromatic carbocycles. The summed E-state index contributed by atoms with van der Waals surface area (Å²) in [5.41, 5.74) is 0.849. The van der Waals surface area contributed by atoms with Crippen LogP contribution >= 0.6 is 11.3 Å². The maximum Gasteiger partial charge on any atom is 0.412 e. The summed E-state index contributed by atoms with van der Waals surface area (Å²) in [6, 6.07) is 0. The Morgan fingerprint density at radius 2 is 2.12 bits per heavy atom. The van der Waals surface area contributed by atoms with Gasteiger partial charge in [0.05, 0.1) is 10.6 Å². The predicted molar refractivity (Wildman–Crippen MR) is 64.3 cm³/mol. The molecule has 5 heteroatoms. The molecule has 0 aliphatic rings. The van der Waals surface area contributed by atoms with Crippen LogP contribution < -0.4 is 5.32 Å². The third-order valence-electron chi connectivity index (χ3n) is 1.74. The lowest BCUT2D eigenvalue weighted by Gasteiger charge is -2.19. The molecule has 0 atom stereocenters. The lowest BCUT2D eigenvalue weighted by atomic mass is 10.2. The molecule has 0 radical (unpaired) electrons. The van der Waals surface area contributed by atoms with Crippen LogP contribution in [0, 0.1) is 6.92 Å². The smallest absolute Gasteiger partial charge is 0.412 e. The minimum atomic E-state index is -0.546. The molecular weight excluding hydrogens is 226 g/mol. The summed E-state index contributed by atoms with van der Waals surface area (Å²) in [6.07, 6.45) is 0.182. The van der Waals surface area contributed by atoms with Crippen molar-refractivity contribution in [3.05, 3.63) is 15.8 Å². The largest absolute Gasteiger partial charge is 0.444 e. The average molecular weight is 241 g/mol. The van der Waals surface area contributed by atoms with Gasteiger partial charge in [0.25, 0.3) is 0 Å². The molecule has 1 aromatic heterocycles. The summed E-state index contributed by atoms with van der Waals surface area (Å²) in [7, 11) is 0. The zero-order valence-electron chi connectivity index (χ0n) is 9.79. The SMILES string of the molecule is Cc1csc(C=O)c1NC(=O)OC(C)(C)C. The van der Waals surface area contributed by atoms with Crippen molar-refractivity contribution in [3.8, 4) is 0 Å². The van der Waals surface area contributed by atoms with Crippen LogP contribution in [0.3, 0.4) is 0 Å². The van der Waals surface area contributed by atoms with Gasteiger partial charge in [-0.2, -0.15) is 0 Å². The Morgan fingerprint density at radius 3 is 2.62 bits per heavy atom. The molecule has 0 saturated carbocycles. The Kier molecular flexibility index (Phi) is 3.70. The van der Waals surface area contributed by atoms with E-state index in [9.17, 15) is 9.59 Å². The molecule has 0 aliphatic heterocycles. The molecular formula is C11H15NO3S. The van der Waals surface area contributed by atoms with E-state index in [1.54, 1.807) is 20.8 Å². The molecule has 88 valence electrons. The average Bonchev–Trinajstić information content (AvgIpc) is 2.44. The van der Waals surface area contributed by atoms with Gasteiger partial charge in [-0.05, 0) is 38.6 Å². The van der Waals surface area contributed by atoms with Gasteiger partial charge in [0.2, 0.25) is 0 Å². The first-order chi connectivity index (χ1) is 7.33. The van der Waals surface area contributed by atoms with Crippen molar-refractivity contribution in [1.29, 1.82) is 0 Å². The highest BCUT2D eigenvalue weighted by atomic mass is 32.1. The monoisotopic (exact) mass is 241 g/mol. The number of hydrogen-bond acceptors (Lipinski definition) is 4. The third kappa shape index (κ3) is 3.34. The van der Waals surface area contributed by atoms with Gasteiger partial charge in [-0.3, -0.25) is 10.1 Å². The van der Waals surface area contributed by atoms with E-state index in [0.29, 0.717) is 10.6 Å². The number of hydrogen-bond donors (Lipinski definition) is 1. The number of aryl methyl sites for hydroxylation is 1. The number of nitrogens with one attached hydrogen (secondary N) is 1. The number of anilines is 1. The molecule has 0 aliphatic carbocycles. The van der Waals surface area contributed by atoms with Gasteiger partial charge in [0, 0.05) is 0 Å². The van der Waals surface area contributed by atoms with Gasteiger partial charge < -0.3 is 4.74 Å². The standard InChI is InChI=1S/C11H15NO3S/c1-7-6-16-8(5-13)9(7)12-10(14)15-11(2,3)4/h5-6H,1-4H3,(H,12,14). The van der Waals surface area contributed by atoms with E-state index in [2.05, 4.69) is 5.32 Å². The first kappa shape index (κ1) is 12.7. The van der Waals surface area contributed by atoms with E-state index in [0.717, 1.165) is 11.8 Å². The Labute approximate surface area is 98.6 Å². The summed E-state index contributed by atoms with van der Waals surface area (Å²) in [5.74, 6) is 0. The predicted octanol–water partition coefficient (Wildman–Crippen LogP) is 3.22. The lowest BCUT2D eigenvalue weighted by Crippen LogP contribution is -2.27. The molecule has 1 amide bonds. The molecule has 1 aromatic rings. The summed E-state index contributed by atoms with van der Waals surface area (Å²) in [4.78, 5) is 22.7. The van der Waals surface area contributed by atoms with Gasteiger partial charge >= 0.3 is 6.09 Å². The van der Waals surface area contributed by atoms with Crippen molar-refractivity contribution < 1.29 is 14.3 Å². The second-order valence-electron chi connectivity index (χ2n) is 4.40. The highest BCUT2D eigenvalue weighted by Gasteiger charge is 2.18. The molecule has 0 spiro atoms. The normalized spacial score (nSPS) is 11.0. The minimum absolute atomic E-state index is 0.503. The summed E-state index contributed by atoms with van der Waals surface area (Å²) < 4.78 is 5.10. The lowest BCUT2D eigenvalue weighted by molar-refractivity contribution is 0.0636. The van der Waals surface area contributed by atoms with Crippen LogP contribution in [0.1, 0.15) is 36.0 Å². The van der Waals surface area contributed by atoms with Crippen molar-refractivity contribution in [2.24, 2.45) is 0 Å². The number of amides is 1. The molecule has 0 saturated heterocycles. The van der Waals surface area contributed by atoms with Crippen molar-refractivity contribution in [2.75, 3.05) is 5.32 Å². The first-order valence-electron chi connectivity index (χ1n) is 4.87. The molecule has 1 N–H and O–H groups in total. The van der Waals surface area contributed by atoms with Crippen LogP contribution in [0.2, 0.25) is 0 Å². The fourth-order valence-electron chi connectivity index (χ4n) is 1.12. The van der Waals surface area contributed by atoms with Crippen LogP contribution in [0.4, 0.5) is 10.5 Å². The molecule has 0 bridgehead atoms. The quantitative estimate of drug-likeness (QED) is 0.809. The fourth-order valence-corrected chi connectivity index (χ4v) is 1.92. The Morgan fingerprint density at radius 1 is 1.50 bits per heavy atom. The Bertz CT molecular complexity index is 404. The van der Waals surface area contributed by atoms with Crippen LogP contribution in [-0.2, 0) is 4.74 Å². The number of aldehydes is 1. The molecule has 0 fully saturated rings. The van der Waals surface area contributed by atoms with Crippen LogP contribution in [0.15, 0.2) is 5.38 Å². The van der Waals surface area contributed by atoms with Gasteiger partial charge in [0.1, 0.15) is 5.60 Å². The second-order valence-corrected chi connectivity index (χ2v) is 5.31. The van der Waals surface area contributed by atoms with Crippen molar-refractivity contribution in [1.82, 2.24) is 0 Å². The maximum absolute atomic E-state index is 11.5. The molecule has 1 heterocycles. The summed E-state index contributed by atoms with van der Waals surface area (Å²) >= 11 is 1.30. The third-order valence-corrected chi connectivity index (χ3v) is 2.76. The summed E-state index contributed by atoms with van der Waals surface area (Å²) in [5, 5.41) is 4.40. The van der Waals surface area contributed by atoms with Crippen molar-refractivity contribution >= 4 is 29.4 Å². The fraction of sp³-hybridized carbons (Fsp3) is 0.455. The zero-order chi connectivity index (χ0) is 12.3. The minimum Gasteiger partial charge on any atom is -0.444 e. The number of rotatable bonds is 2. The summed E-state index contributed by atoms with van der Waals surface area (Å²) in [6.45, 7) is 7.19. The number of thiophene rings is 1. The van der Waals surface area contributed by atoms with Crippen LogP contribution in [0.5, 0.6) is 0 Å². The van der Waals surface area contributed by atoms with Gasteiger partial charge in [-0.15, -0.1) is 11.3 Å². The maximum atomic E-state index is 11.5. The molecule has 4 nitrogen and oxygen atoms in total. The van der Waals surface area contributed by atoms with Gasteiger partial charge in [-0.25, -0.2) is 4.79 Å². The van der Waals surface area contributed by atoms with Crippen molar-refractivity contribution in [2.45, 2.75) is 33.3 Å². The number of ether oxygens (including phenoxy) is 1. The highest BCUT2D eigenvalue weighted by Crippen LogP contribution is 2.26. The van der Waals surface area contributed by atoms with E-state index in [-0.39, 0.29) is 0 Å². The van der Waals surface area contributed by atoms with E-state index >= 15 is 0 Å². The van der Waals surface area contributed by atoms with Crippen LogP contribution in [0.25, 0.3) is 0 Å². The highest BCUT2D eigenvalue weighted by molar-refractivity contribution is 7.12. The topological polar surface area (TPSA) is 55.4 Å². The van der Waals surface area contributed by atoms with Gasteiger partial charge in [0.15, 0.2) is 6.29 Å².